The summed E-state index contributed by atoms with van der Waals surface area (Å²) in [5.74, 6) is 2.10. The molecular weight excluding hydrogens is 519 g/mol. The Bertz CT molecular complexity index is 1580. The van der Waals surface area contributed by atoms with Crippen molar-refractivity contribution in [1.29, 1.82) is 0 Å². The molecule has 10 heteroatoms. The van der Waals surface area contributed by atoms with E-state index in [9.17, 15) is 4.39 Å². The van der Waals surface area contributed by atoms with Crippen LogP contribution in [0.15, 0.2) is 76.2 Å². The molecule has 2 aliphatic rings. The van der Waals surface area contributed by atoms with E-state index in [1.165, 1.54) is 12.1 Å². The fourth-order valence-corrected chi connectivity index (χ4v) is 4.90. The van der Waals surface area contributed by atoms with E-state index in [0.717, 1.165) is 29.7 Å². The largest absolute Gasteiger partial charge is 0.497 e. The van der Waals surface area contributed by atoms with Crippen molar-refractivity contribution in [3.63, 3.8) is 0 Å². The molecule has 39 heavy (non-hydrogen) atoms. The Kier molecular flexibility index (Phi) is 6.60. The number of pyridine rings is 1. The molecule has 1 fully saturated rings. The Morgan fingerprint density at radius 1 is 1.10 bits per heavy atom. The summed E-state index contributed by atoms with van der Waals surface area (Å²) in [6, 6.07) is 15.9. The number of benzene rings is 2. The molecule has 1 atom stereocenters. The summed E-state index contributed by atoms with van der Waals surface area (Å²) in [6.07, 6.45) is 4.35. The zero-order valence-electron chi connectivity index (χ0n) is 21.5. The van der Waals surface area contributed by atoms with Crippen LogP contribution in [0.2, 0.25) is 0 Å². The summed E-state index contributed by atoms with van der Waals surface area (Å²) < 4.78 is 25.4. The number of ether oxygens (including phenoxy) is 2. The summed E-state index contributed by atoms with van der Waals surface area (Å²) in [5.41, 5.74) is 4.84. The quantitative estimate of drug-likeness (QED) is 0.186. The van der Waals surface area contributed by atoms with Crippen LogP contribution in [0.4, 0.5) is 4.39 Å². The van der Waals surface area contributed by atoms with Crippen molar-refractivity contribution in [2.45, 2.75) is 31.2 Å². The molecule has 8 nitrogen and oxygen atoms in total. The molecule has 0 saturated heterocycles. The number of aromatic nitrogens is 3. The van der Waals surface area contributed by atoms with Gasteiger partial charge in [-0.25, -0.2) is 9.37 Å². The lowest BCUT2D eigenvalue weighted by Crippen LogP contribution is -2.31. The number of imidazole rings is 1. The second kappa shape index (κ2) is 10.2. The van der Waals surface area contributed by atoms with Crippen LogP contribution in [0.1, 0.15) is 29.8 Å². The third kappa shape index (κ3) is 5.27. The van der Waals surface area contributed by atoms with Crippen molar-refractivity contribution in [2.75, 3.05) is 13.7 Å². The molecule has 0 bridgehead atoms. The van der Waals surface area contributed by atoms with Gasteiger partial charge in [-0.2, -0.15) is 0 Å². The second-order valence-electron chi connectivity index (χ2n) is 9.79. The van der Waals surface area contributed by atoms with E-state index in [1.807, 2.05) is 43.3 Å². The molecule has 1 N–H and O–H groups in total. The van der Waals surface area contributed by atoms with Crippen molar-refractivity contribution in [3.8, 4) is 34.1 Å². The number of nitrogens with zero attached hydrogens (tertiary/aromatic N) is 5. The fraction of sp³-hybridized carbons (Fsp3) is 0.276. The van der Waals surface area contributed by atoms with Crippen LogP contribution in [-0.4, -0.2) is 39.4 Å². The van der Waals surface area contributed by atoms with Gasteiger partial charge in [-0.05, 0) is 72.9 Å². The maximum Gasteiger partial charge on any atom is 0.204 e. The summed E-state index contributed by atoms with van der Waals surface area (Å²) in [7, 11) is 1.62. The monoisotopic (exact) mass is 544 g/mol. The normalized spacial score (nSPS) is 18.3. The summed E-state index contributed by atoms with van der Waals surface area (Å²) in [5, 5.41) is 12.5. The molecule has 198 valence electrons. The highest BCUT2D eigenvalue weighted by Gasteiger charge is 2.39. The number of nitrogens with one attached hydrogen (secondary N) is 1. The number of rotatable bonds is 9. The molecule has 6 rings (SSSR count). The minimum Gasteiger partial charge on any atom is -0.497 e. The van der Waals surface area contributed by atoms with Crippen molar-refractivity contribution in [3.05, 3.63) is 83.6 Å². The third-order valence-corrected chi connectivity index (χ3v) is 7.18. The number of H-pyrrole nitrogens is 1. The number of halogens is 2. The van der Waals surface area contributed by atoms with Gasteiger partial charge in [0.25, 0.3) is 0 Å². The van der Waals surface area contributed by atoms with Crippen molar-refractivity contribution in [1.82, 2.24) is 15.0 Å². The van der Waals surface area contributed by atoms with Crippen LogP contribution in [0.25, 0.3) is 22.6 Å². The second-order valence-corrected chi connectivity index (χ2v) is 10.4. The minimum atomic E-state index is -1.17. The van der Waals surface area contributed by atoms with Crippen LogP contribution in [-0.2, 0) is 6.42 Å². The van der Waals surface area contributed by atoms with E-state index in [0.29, 0.717) is 58.9 Å². The smallest absolute Gasteiger partial charge is 0.204 e. The van der Waals surface area contributed by atoms with Gasteiger partial charge in [0.2, 0.25) is 5.00 Å². The molecule has 1 unspecified atom stereocenters. The van der Waals surface area contributed by atoms with E-state index in [1.54, 1.807) is 19.4 Å². The van der Waals surface area contributed by atoms with Crippen LogP contribution in [0.5, 0.6) is 11.5 Å². The first-order valence-electron chi connectivity index (χ1n) is 12.7. The minimum absolute atomic E-state index is 0.357. The van der Waals surface area contributed by atoms with Gasteiger partial charge in [-0.15, -0.1) is 10.2 Å². The van der Waals surface area contributed by atoms with E-state index in [-0.39, 0.29) is 5.82 Å². The molecule has 1 aliphatic carbocycles. The van der Waals surface area contributed by atoms with Gasteiger partial charge < -0.3 is 14.5 Å². The topological polar surface area (TPSA) is 97.1 Å². The first-order chi connectivity index (χ1) is 18.9. The summed E-state index contributed by atoms with van der Waals surface area (Å²) in [6.45, 7) is 2.42. The highest BCUT2D eigenvalue weighted by atomic mass is 35.5. The zero-order chi connectivity index (χ0) is 27.0. The Labute approximate surface area is 230 Å². The van der Waals surface area contributed by atoms with Gasteiger partial charge in [-0.1, -0.05) is 23.7 Å². The Balaban J connectivity index is 1.33. The third-order valence-electron chi connectivity index (χ3n) is 6.79. The van der Waals surface area contributed by atoms with Gasteiger partial charge in [0.15, 0.2) is 0 Å². The number of aryl methyl sites for hydroxylation is 1. The molecule has 3 heterocycles. The molecule has 0 spiro atoms. The zero-order valence-corrected chi connectivity index (χ0v) is 22.2. The first-order valence-corrected chi connectivity index (χ1v) is 13.1. The van der Waals surface area contributed by atoms with Crippen LogP contribution in [0, 0.1) is 18.7 Å². The molecular formula is C29H26ClFN6O2. The maximum atomic E-state index is 14.2. The fourth-order valence-electron chi connectivity index (χ4n) is 4.57. The van der Waals surface area contributed by atoms with Crippen LogP contribution < -0.4 is 9.47 Å². The van der Waals surface area contributed by atoms with Crippen molar-refractivity contribution < 1.29 is 13.9 Å². The summed E-state index contributed by atoms with van der Waals surface area (Å²) >= 11 is 6.99. The van der Waals surface area contributed by atoms with Gasteiger partial charge in [0, 0.05) is 29.8 Å². The Morgan fingerprint density at radius 2 is 1.92 bits per heavy atom. The molecule has 0 amide bonds. The van der Waals surface area contributed by atoms with Crippen molar-refractivity contribution in [2.24, 2.45) is 21.4 Å². The first kappa shape index (κ1) is 25.2. The maximum absolute atomic E-state index is 14.2. The van der Waals surface area contributed by atoms with Gasteiger partial charge in [0.1, 0.15) is 34.5 Å². The molecule has 4 aromatic rings. The van der Waals surface area contributed by atoms with E-state index >= 15 is 0 Å². The molecule has 1 saturated carbocycles. The Morgan fingerprint density at radius 3 is 2.69 bits per heavy atom. The summed E-state index contributed by atoms with van der Waals surface area (Å²) in [4.78, 5) is 11.5. The number of hydrogen-bond acceptors (Lipinski definition) is 7. The van der Waals surface area contributed by atoms with Crippen molar-refractivity contribution >= 4 is 17.3 Å². The molecule has 1 aliphatic heterocycles. The predicted molar refractivity (Wildman–Crippen MR) is 147 cm³/mol. The lowest BCUT2D eigenvalue weighted by Gasteiger charge is -2.19. The SMILES string of the molecule is COc1ccc(CC2(Cl)N=NN=C2c2ccnc(-c3nc(C)[nH]c3-c3ccc(F)cc3OCC3CC3)c2)cc1. The van der Waals surface area contributed by atoms with Gasteiger partial charge in [0.05, 0.1) is 25.1 Å². The van der Waals surface area contributed by atoms with E-state index in [2.05, 4.69) is 25.4 Å². The highest BCUT2D eigenvalue weighted by Crippen LogP contribution is 2.39. The lowest BCUT2D eigenvalue weighted by atomic mass is 9.96. The highest BCUT2D eigenvalue weighted by molar-refractivity contribution is 6.39. The number of hydrogen-bond donors (Lipinski definition) is 1. The van der Waals surface area contributed by atoms with Crippen LogP contribution >= 0.6 is 11.6 Å². The predicted octanol–water partition coefficient (Wildman–Crippen LogP) is 6.73. The average Bonchev–Trinajstić information content (AvgIpc) is 3.58. The number of alkyl halides is 1. The Hall–Kier alpha value is -4.11. The number of methoxy groups -OCH3 is 1. The lowest BCUT2D eigenvalue weighted by molar-refractivity contribution is 0.299. The van der Waals surface area contributed by atoms with Gasteiger partial charge >= 0.3 is 0 Å². The molecule has 0 radical (unpaired) electrons. The van der Waals surface area contributed by atoms with E-state index < -0.39 is 5.00 Å². The van der Waals surface area contributed by atoms with Gasteiger partial charge in [-0.3, -0.25) is 4.98 Å². The van der Waals surface area contributed by atoms with Crippen LogP contribution in [0.3, 0.4) is 0 Å². The standard InChI is InChI=1S/C29H26ClFN6O2/c1-17-33-26(23-10-7-21(31)14-25(23)39-16-19-3-4-19)27(34-17)24-13-20(11-12-32-24)28-29(30,36-37-35-28)15-18-5-8-22(38-2)9-6-18/h5-14,19H,3-4,15-16H2,1-2H3,(H,33,34). The average molecular weight is 545 g/mol. The van der Waals surface area contributed by atoms with E-state index in [4.69, 9.17) is 26.1 Å². The molecule has 2 aromatic carbocycles. The molecule has 2 aromatic heterocycles. The number of aromatic amines is 1.